The summed E-state index contributed by atoms with van der Waals surface area (Å²) in [5, 5.41) is 2.97. The van der Waals surface area contributed by atoms with Crippen molar-refractivity contribution in [3.05, 3.63) is 35.4 Å². The highest BCUT2D eigenvalue weighted by molar-refractivity contribution is 5.95. The maximum Gasteiger partial charge on any atom is 0.267 e. The standard InChI is InChI=1S/C13H16F2N2O.C2H6/c1-16-8-10-4-2-3-5-11(10)12(18)17-7-6-13(14,15)9-17;1-2/h2-5,16H,6-9H2,1H3;1-2H3. The van der Waals surface area contributed by atoms with Crippen molar-refractivity contribution in [1.29, 1.82) is 0 Å². The van der Waals surface area contributed by atoms with Gasteiger partial charge in [-0.2, -0.15) is 0 Å². The van der Waals surface area contributed by atoms with Gasteiger partial charge in [-0.05, 0) is 18.7 Å². The molecule has 0 unspecified atom stereocenters. The molecular weight excluding hydrogens is 262 g/mol. The van der Waals surface area contributed by atoms with Crippen LogP contribution in [0.3, 0.4) is 0 Å². The molecule has 2 rings (SSSR count). The lowest BCUT2D eigenvalue weighted by Crippen LogP contribution is -2.32. The fraction of sp³-hybridized carbons (Fsp3) is 0.533. The van der Waals surface area contributed by atoms with E-state index in [1.54, 1.807) is 19.2 Å². The van der Waals surface area contributed by atoms with E-state index < -0.39 is 12.5 Å². The molecule has 0 radical (unpaired) electrons. The number of rotatable bonds is 3. The van der Waals surface area contributed by atoms with Gasteiger partial charge in [-0.15, -0.1) is 0 Å². The second-order valence-electron chi connectivity index (χ2n) is 4.52. The number of benzene rings is 1. The summed E-state index contributed by atoms with van der Waals surface area (Å²) in [6, 6.07) is 7.10. The number of carbonyl (C=O) groups excluding carboxylic acids is 1. The van der Waals surface area contributed by atoms with Crippen LogP contribution < -0.4 is 5.32 Å². The van der Waals surface area contributed by atoms with Gasteiger partial charge in [0.1, 0.15) is 0 Å². The molecule has 0 saturated carbocycles. The first-order chi connectivity index (χ1) is 9.53. The number of halogens is 2. The fourth-order valence-corrected chi connectivity index (χ4v) is 2.15. The van der Waals surface area contributed by atoms with E-state index in [0.29, 0.717) is 12.1 Å². The predicted molar refractivity (Wildman–Crippen MR) is 76.0 cm³/mol. The molecule has 5 heteroatoms. The SMILES string of the molecule is CC.CNCc1ccccc1C(=O)N1CCC(F)(F)C1. The molecular formula is C15H22F2N2O. The molecule has 0 bridgehead atoms. The molecule has 1 aliphatic heterocycles. The van der Waals surface area contributed by atoms with Crippen LogP contribution in [0.25, 0.3) is 0 Å². The van der Waals surface area contributed by atoms with Crippen LogP contribution in [0.5, 0.6) is 0 Å². The third-order valence-electron chi connectivity index (χ3n) is 3.07. The Morgan fingerprint density at radius 3 is 2.55 bits per heavy atom. The van der Waals surface area contributed by atoms with Gasteiger partial charge in [-0.1, -0.05) is 32.0 Å². The maximum atomic E-state index is 13.1. The molecule has 1 amide bonds. The van der Waals surface area contributed by atoms with E-state index in [4.69, 9.17) is 0 Å². The van der Waals surface area contributed by atoms with Crippen molar-refractivity contribution in [1.82, 2.24) is 10.2 Å². The molecule has 0 spiro atoms. The van der Waals surface area contributed by atoms with E-state index in [1.165, 1.54) is 4.90 Å². The Kier molecular flexibility index (Phi) is 6.07. The summed E-state index contributed by atoms with van der Waals surface area (Å²) in [7, 11) is 1.78. The number of alkyl halides is 2. The summed E-state index contributed by atoms with van der Waals surface area (Å²) in [6.45, 7) is 4.20. The number of nitrogens with zero attached hydrogens (tertiary/aromatic N) is 1. The highest BCUT2D eigenvalue weighted by Crippen LogP contribution is 2.28. The van der Waals surface area contributed by atoms with Crippen LogP contribution in [0, 0.1) is 0 Å². The average molecular weight is 284 g/mol. The van der Waals surface area contributed by atoms with Crippen LogP contribution in [-0.2, 0) is 6.54 Å². The molecule has 1 aromatic carbocycles. The lowest BCUT2D eigenvalue weighted by molar-refractivity contribution is 0.0120. The lowest BCUT2D eigenvalue weighted by atomic mass is 10.1. The summed E-state index contributed by atoms with van der Waals surface area (Å²) in [5.74, 6) is -3.05. The van der Waals surface area contributed by atoms with Crippen molar-refractivity contribution in [2.45, 2.75) is 32.7 Å². The van der Waals surface area contributed by atoms with Crippen molar-refractivity contribution in [2.75, 3.05) is 20.1 Å². The summed E-state index contributed by atoms with van der Waals surface area (Å²) in [5.41, 5.74) is 1.34. The molecule has 20 heavy (non-hydrogen) atoms. The number of hydrogen-bond donors (Lipinski definition) is 1. The number of amides is 1. The highest BCUT2D eigenvalue weighted by atomic mass is 19.3. The summed E-state index contributed by atoms with van der Waals surface area (Å²) < 4.78 is 26.2. The number of hydrogen-bond acceptors (Lipinski definition) is 2. The summed E-state index contributed by atoms with van der Waals surface area (Å²) >= 11 is 0. The van der Waals surface area contributed by atoms with Gasteiger partial charge in [0.15, 0.2) is 0 Å². The van der Waals surface area contributed by atoms with Gasteiger partial charge in [0.2, 0.25) is 0 Å². The van der Waals surface area contributed by atoms with Gasteiger partial charge in [0.05, 0.1) is 6.54 Å². The Hall–Kier alpha value is -1.49. The normalized spacial score (nSPS) is 16.6. The fourth-order valence-electron chi connectivity index (χ4n) is 2.15. The van der Waals surface area contributed by atoms with Gasteiger partial charge in [0.25, 0.3) is 11.8 Å². The maximum absolute atomic E-state index is 13.1. The summed E-state index contributed by atoms with van der Waals surface area (Å²) in [4.78, 5) is 13.4. The zero-order valence-corrected chi connectivity index (χ0v) is 12.2. The molecule has 0 aromatic heterocycles. The van der Waals surface area contributed by atoms with Crippen molar-refractivity contribution >= 4 is 5.91 Å². The van der Waals surface area contributed by atoms with Crippen molar-refractivity contribution < 1.29 is 13.6 Å². The van der Waals surface area contributed by atoms with Gasteiger partial charge in [0, 0.05) is 25.1 Å². The number of likely N-dealkylation sites (tertiary alicyclic amines) is 1. The molecule has 0 atom stereocenters. The molecule has 1 N–H and O–H groups in total. The van der Waals surface area contributed by atoms with Crippen LogP contribution in [0.1, 0.15) is 36.2 Å². The molecule has 1 aliphatic rings. The minimum Gasteiger partial charge on any atom is -0.332 e. The molecule has 1 aromatic rings. The van der Waals surface area contributed by atoms with E-state index in [1.807, 2.05) is 26.0 Å². The molecule has 3 nitrogen and oxygen atoms in total. The van der Waals surface area contributed by atoms with Crippen molar-refractivity contribution in [3.63, 3.8) is 0 Å². The minimum absolute atomic E-state index is 0.125. The quantitative estimate of drug-likeness (QED) is 0.925. The first-order valence-electron chi connectivity index (χ1n) is 6.93. The average Bonchev–Trinajstić information content (AvgIpc) is 2.82. The van der Waals surface area contributed by atoms with Gasteiger partial charge >= 0.3 is 0 Å². The molecule has 112 valence electrons. The Morgan fingerprint density at radius 2 is 2.00 bits per heavy atom. The van der Waals surface area contributed by atoms with Crippen molar-refractivity contribution in [3.8, 4) is 0 Å². The van der Waals surface area contributed by atoms with Crippen LogP contribution >= 0.6 is 0 Å². The highest BCUT2D eigenvalue weighted by Gasteiger charge is 2.40. The van der Waals surface area contributed by atoms with Gasteiger partial charge in [-0.25, -0.2) is 8.78 Å². The predicted octanol–water partition coefficient (Wildman–Crippen LogP) is 2.91. The summed E-state index contributed by atoms with van der Waals surface area (Å²) in [6.07, 6.45) is -0.243. The van der Waals surface area contributed by atoms with Crippen LogP contribution in [-0.4, -0.2) is 36.9 Å². The van der Waals surface area contributed by atoms with Crippen LogP contribution in [0.4, 0.5) is 8.78 Å². The smallest absolute Gasteiger partial charge is 0.267 e. The zero-order valence-electron chi connectivity index (χ0n) is 12.2. The number of nitrogens with one attached hydrogen (secondary N) is 1. The third kappa shape index (κ3) is 4.00. The van der Waals surface area contributed by atoms with Crippen LogP contribution in [0.15, 0.2) is 24.3 Å². The van der Waals surface area contributed by atoms with E-state index in [2.05, 4.69) is 5.32 Å². The van der Waals surface area contributed by atoms with Gasteiger partial charge in [-0.3, -0.25) is 4.79 Å². The Bertz CT molecular complexity index is 449. The first-order valence-corrected chi connectivity index (χ1v) is 6.93. The van der Waals surface area contributed by atoms with E-state index >= 15 is 0 Å². The van der Waals surface area contributed by atoms with E-state index in [9.17, 15) is 13.6 Å². The molecule has 1 heterocycles. The third-order valence-corrected chi connectivity index (χ3v) is 3.07. The first kappa shape index (κ1) is 16.6. The van der Waals surface area contributed by atoms with Crippen molar-refractivity contribution in [2.24, 2.45) is 0 Å². The largest absolute Gasteiger partial charge is 0.332 e. The number of carbonyl (C=O) groups is 1. The van der Waals surface area contributed by atoms with Gasteiger partial charge < -0.3 is 10.2 Å². The molecule has 1 fully saturated rings. The minimum atomic E-state index is -2.74. The zero-order chi connectivity index (χ0) is 15.2. The van der Waals surface area contributed by atoms with Crippen LogP contribution in [0.2, 0.25) is 0 Å². The Labute approximate surface area is 119 Å². The lowest BCUT2D eigenvalue weighted by Gasteiger charge is -2.18. The molecule has 0 aliphatic carbocycles. The van der Waals surface area contributed by atoms with E-state index in [0.717, 1.165) is 5.56 Å². The van der Waals surface area contributed by atoms with E-state index in [-0.39, 0.29) is 18.9 Å². The monoisotopic (exact) mass is 284 g/mol. The topological polar surface area (TPSA) is 32.3 Å². The Morgan fingerprint density at radius 1 is 1.35 bits per heavy atom. The second-order valence-corrected chi connectivity index (χ2v) is 4.52. The molecule has 1 saturated heterocycles. The second kappa shape index (κ2) is 7.33. The Balaban J connectivity index is 0.000000956.